The van der Waals surface area contributed by atoms with Gasteiger partial charge in [0.15, 0.2) is 0 Å². The predicted octanol–water partition coefficient (Wildman–Crippen LogP) is 0.936. The average molecular weight is 277 g/mol. The van der Waals surface area contributed by atoms with Gasteiger partial charge in [0.05, 0.1) is 6.54 Å². The number of likely N-dealkylation sites (tertiary alicyclic amines) is 1. The fourth-order valence-electron chi connectivity index (χ4n) is 2.58. The van der Waals surface area contributed by atoms with Crippen LogP contribution in [0.4, 0.5) is 11.4 Å². The molecule has 0 spiro atoms. The van der Waals surface area contributed by atoms with Gasteiger partial charge >= 0.3 is 0 Å². The summed E-state index contributed by atoms with van der Waals surface area (Å²) in [5.74, 6) is 0.367. The third-order valence-corrected chi connectivity index (χ3v) is 3.87. The molecule has 0 radical (unpaired) electrons. The van der Waals surface area contributed by atoms with Crippen LogP contribution in [0.25, 0.3) is 0 Å². The summed E-state index contributed by atoms with van der Waals surface area (Å²) in [6, 6.07) is 7.28. The van der Waals surface area contributed by atoms with Crippen molar-refractivity contribution in [2.45, 2.75) is 12.8 Å². The van der Waals surface area contributed by atoms with Gasteiger partial charge in [-0.3, -0.25) is 9.69 Å². The number of nitrogens with zero attached hydrogens (tertiary/aromatic N) is 2. The fraction of sp³-hybridized carbons (Fsp3) is 0.533. The molecule has 5 heteroatoms. The Morgan fingerprint density at radius 1 is 1.45 bits per heavy atom. The quantitative estimate of drug-likeness (QED) is 0.804. The molecule has 0 aromatic heterocycles. The molecule has 1 unspecified atom stereocenters. The van der Waals surface area contributed by atoms with Crippen molar-refractivity contribution in [1.82, 2.24) is 4.90 Å². The normalized spacial score (nSPS) is 19.8. The number of likely N-dealkylation sites (N-methyl/N-ethyl adjacent to an activating group) is 1. The molecule has 1 aromatic carbocycles. The van der Waals surface area contributed by atoms with Crippen LogP contribution >= 0.6 is 0 Å². The molecule has 1 aliphatic rings. The van der Waals surface area contributed by atoms with Gasteiger partial charge in [-0.1, -0.05) is 0 Å². The van der Waals surface area contributed by atoms with Crippen molar-refractivity contribution in [3.8, 4) is 0 Å². The summed E-state index contributed by atoms with van der Waals surface area (Å²) in [6.45, 7) is 2.34. The van der Waals surface area contributed by atoms with Gasteiger partial charge in [0.25, 0.3) is 0 Å². The minimum atomic E-state index is 0.0633. The average Bonchev–Trinajstić information content (AvgIpc) is 2.47. The lowest BCUT2D eigenvalue weighted by Crippen LogP contribution is -2.43. The second-order valence-electron chi connectivity index (χ2n) is 5.47. The van der Waals surface area contributed by atoms with E-state index in [4.69, 9.17) is 5.73 Å². The number of carbonyl (C=O) groups excluding carboxylic acids is 1. The van der Waals surface area contributed by atoms with Crippen molar-refractivity contribution in [3.63, 3.8) is 0 Å². The van der Waals surface area contributed by atoms with E-state index in [1.807, 2.05) is 12.1 Å². The summed E-state index contributed by atoms with van der Waals surface area (Å²) in [5, 5.41) is 9.22. The van der Waals surface area contributed by atoms with E-state index in [0.717, 1.165) is 31.6 Å². The van der Waals surface area contributed by atoms with Crippen molar-refractivity contribution < 1.29 is 9.90 Å². The first-order chi connectivity index (χ1) is 9.60. The second kappa shape index (κ2) is 6.72. The summed E-state index contributed by atoms with van der Waals surface area (Å²) in [5.41, 5.74) is 7.19. The molecule has 0 saturated carbocycles. The highest BCUT2D eigenvalue weighted by Crippen LogP contribution is 2.18. The predicted molar refractivity (Wildman–Crippen MR) is 80.5 cm³/mol. The molecule has 1 amide bonds. The molecule has 5 nitrogen and oxygen atoms in total. The largest absolute Gasteiger partial charge is 0.399 e. The van der Waals surface area contributed by atoms with Crippen molar-refractivity contribution in [2.24, 2.45) is 5.92 Å². The fourth-order valence-corrected chi connectivity index (χ4v) is 2.58. The van der Waals surface area contributed by atoms with Crippen LogP contribution in [0.3, 0.4) is 0 Å². The maximum atomic E-state index is 12.3. The van der Waals surface area contributed by atoms with E-state index in [1.54, 1.807) is 24.1 Å². The first-order valence-electron chi connectivity index (χ1n) is 7.05. The zero-order valence-corrected chi connectivity index (χ0v) is 12.0. The first-order valence-corrected chi connectivity index (χ1v) is 7.05. The third-order valence-electron chi connectivity index (χ3n) is 3.87. The molecule has 20 heavy (non-hydrogen) atoms. The molecule has 1 atom stereocenters. The van der Waals surface area contributed by atoms with Gasteiger partial charge in [0.2, 0.25) is 5.91 Å². The Balaban J connectivity index is 1.92. The third kappa shape index (κ3) is 3.71. The van der Waals surface area contributed by atoms with E-state index in [2.05, 4.69) is 4.90 Å². The van der Waals surface area contributed by atoms with Crippen LogP contribution in [-0.4, -0.2) is 49.2 Å². The number of nitrogen functional groups attached to an aromatic ring is 1. The molecule has 3 N–H and O–H groups in total. The van der Waals surface area contributed by atoms with E-state index >= 15 is 0 Å². The number of anilines is 2. The van der Waals surface area contributed by atoms with Crippen molar-refractivity contribution in [3.05, 3.63) is 24.3 Å². The van der Waals surface area contributed by atoms with Crippen LogP contribution < -0.4 is 10.6 Å². The van der Waals surface area contributed by atoms with Gasteiger partial charge in [-0.25, -0.2) is 0 Å². The Hall–Kier alpha value is -1.59. The first kappa shape index (κ1) is 14.8. The Morgan fingerprint density at radius 2 is 2.15 bits per heavy atom. The molecule has 110 valence electrons. The molecule has 1 heterocycles. The molecule has 1 aliphatic heterocycles. The zero-order valence-electron chi connectivity index (χ0n) is 12.0. The van der Waals surface area contributed by atoms with Gasteiger partial charge in [-0.15, -0.1) is 0 Å². The molecule has 0 bridgehead atoms. The lowest BCUT2D eigenvalue weighted by molar-refractivity contribution is -0.120. The number of nitrogens with two attached hydrogens (primary N) is 1. The lowest BCUT2D eigenvalue weighted by atomic mass is 9.99. The summed E-state index contributed by atoms with van der Waals surface area (Å²) < 4.78 is 0. The SMILES string of the molecule is CN(C(=O)CN1CCCC(CO)C1)c1ccc(N)cc1. The van der Waals surface area contributed by atoms with E-state index < -0.39 is 0 Å². The van der Waals surface area contributed by atoms with Crippen LogP contribution in [0.5, 0.6) is 0 Å². The molecular weight excluding hydrogens is 254 g/mol. The number of hydrogen-bond donors (Lipinski definition) is 2. The standard InChI is InChI=1S/C15H23N3O2/c1-17(14-6-4-13(16)5-7-14)15(20)10-18-8-2-3-12(9-18)11-19/h4-7,12,19H,2-3,8-11,16H2,1H3. The molecular formula is C15H23N3O2. The van der Waals surface area contributed by atoms with Crippen LogP contribution in [0.1, 0.15) is 12.8 Å². The minimum absolute atomic E-state index is 0.0633. The second-order valence-corrected chi connectivity index (χ2v) is 5.47. The van der Waals surface area contributed by atoms with E-state index in [0.29, 0.717) is 18.2 Å². The zero-order chi connectivity index (χ0) is 14.5. The molecule has 1 fully saturated rings. The Bertz CT molecular complexity index is 447. The van der Waals surface area contributed by atoms with Crippen molar-refractivity contribution >= 4 is 17.3 Å². The summed E-state index contributed by atoms with van der Waals surface area (Å²) >= 11 is 0. The van der Waals surface area contributed by atoms with E-state index in [9.17, 15) is 9.90 Å². The van der Waals surface area contributed by atoms with E-state index in [1.165, 1.54) is 0 Å². The van der Waals surface area contributed by atoms with Gasteiger partial charge in [0, 0.05) is 31.6 Å². The number of carbonyl (C=O) groups is 1. The van der Waals surface area contributed by atoms with Crippen molar-refractivity contribution in [1.29, 1.82) is 0 Å². The summed E-state index contributed by atoms with van der Waals surface area (Å²) in [4.78, 5) is 16.1. The van der Waals surface area contributed by atoms with Crippen LogP contribution in [-0.2, 0) is 4.79 Å². The van der Waals surface area contributed by atoms with Crippen LogP contribution in [0.15, 0.2) is 24.3 Å². The number of aliphatic hydroxyl groups is 1. The smallest absolute Gasteiger partial charge is 0.240 e. The lowest BCUT2D eigenvalue weighted by Gasteiger charge is -2.32. The minimum Gasteiger partial charge on any atom is -0.399 e. The molecule has 2 rings (SSSR count). The number of benzene rings is 1. The van der Waals surface area contributed by atoms with Gasteiger partial charge in [-0.05, 0) is 49.6 Å². The Labute approximate surface area is 120 Å². The van der Waals surface area contributed by atoms with Gasteiger partial charge in [0.1, 0.15) is 0 Å². The van der Waals surface area contributed by atoms with Crippen molar-refractivity contribution in [2.75, 3.05) is 43.9 Å². The van der Waals surface area contributed by atoms with Gasteiger partial charge < -0.3 is 15.7 Å². The van der Waals surface area contributed by atoms with E-state index in [-0.39, 0.29) is 12.5 Å². The Morgan fingerprint density at radius 3 is 2.80 bits per heavy atom. The molecule has 1 saturated heterocycles. The highest BCUT2D eigenvalue weighted by Gasteiger charge is 2.22. The van der Waals surface area contributed by atoms with Gasteiger partial charge in [-0.2, -0.15) is 0 Å². The topological polar surface area (TPSA) is 69.8 Å². The highest BCUT2D eigenvalue weighted by molar-refractivity contribution is 5.94. The maximum Gasteiger partial charge on any atom is 0.240 e. The number of rotatable bonds is 4. The number of hydrogen-bond acceptors (Lipinski definition) is 4. The van der Waals surface area contributed by atoms with Crippen LogP contribution in [0.2, 0.25) is 0 Å². The van der Waals surface area contributed by atoms with Crippen LogP contribution in [0, 0.1) is 5.92 Å². The number of aliphatic hydroxyl groups excluding tert-OH is 1. The maximum absolute atomic E-state index is 12.3. The summed E-state index contributed by atoms with van der Waals surface area (Å²) in [6.07, 6.45) is 2.10. The Kier molecular flexibility index (Phi) is 4.98. The monoisotopic (exact) mass is 277 g/mol. The summed E-state index contributed by atoms with van der Waals surface area (Å²) in [7, 11) is 1.78. The molecule has 0 aliphatic carbocycles. The number of piperidine rings is 1. The number of amides is 1. The highest BCUT2D eigenvalue weighted by atomic mass is 16.3. The molecule has 1 aromatic rings.